The number of hydrogen-bond acceptors (Lipinski definition) is 3. The van der Waals surface area contributed by atoms with E-state index in [1.807, 2.05) is 0 Å². The highest BCUT2D eigenvalue weighted by Gasteiger charge is 2.30. The number of ether oxygens (including phenoxy) is 1. The summed E-state index contributed by atoms with van der Waals surface area (Å²) in [6.07, 6.45) is -3.08. The van der Waals surface area contributed by atoms with Crippen molar-refractivity contribution in [3.8, 4) is 17.0 Å². The van der Waals surface area contributed by atoms with E-state index in [2.05, 4.69) is 10.3 Å². The molecule has 0 bridgehead atoms. The second-order valence-electron chi connectivity index (χ2n) is 5.78. The Hall–Kier alpha value is -3.42. The van der Waals surface area contributed by atoms with Crippen molar-refractivity contribution in [2.75, 3.05) is 12.4 Å². The molecule has 0 radical (unpaired) electrons. The van der Waals surface area contributed by atoms with Crippen molar-refractivity contribution in [1.29, 1.82) is 0 Å². The molecular weight excluding hydrogens is 376 g/mol. The number of pyridine rings is 1. The molecule has 0 atom stereocenters. The average molecular weight is 390 g/mol. The molecule has 0 aliphatic heterocycles. The van der Waals surface area contributed by atoms with Crippen LogP contribution in [0.1, 0.15) is 15.9 Å². The summed E-state index contributed by atoms with van der Waals surface area (Å²) in [6, 6.07) is 10.9. The first-order valence-electron chi connectivity index (χ1n) is 8.07. The Morgan fingerprint density at radius 3 is 2.57 bits per heavy atom. The molecule has 0 spiro atoms. The number of benzene rings is 2. The van der Waals surface area contributed by atoms with Crippen LogP contribution in [-0.4, -0.2) is 18.0 Å². The first kappa shape index (κ1) is 19.3. The summed E-state index contributed by atoms with van der Waals surface area (Å²) in [5, 5.41) is 2.54. The molecule has 0 aliphatic rings. The molecule has 2 aromatic carbocycles. The van der Waals surface area contributed by atoms with Gasteiger partial charge in [0.1, 0.15) is 11.5 Å². The van der Waals surface area contributed by atoms with E-state index >= 15 is 0 Å². The van der Waals surface area contributed by atoms with E-state index in [0.29, 0.717) is 0 Å². The van der Waals surface area contributed by atoms with Crippen molar-refractivity contribution in [2.45, 2.75) is 6.18 Å². The number of anilines is 1. The van der Waals surface area contributed by atoms with Crippen molar-refractivity contribution < 1.29 is 27.1 Å². The lowest BCUT2D eigenvalue weighted by molar-refractivity contribution is -0.137. The van der Waals surface area contributed by atoms with Gasteiger partial charge in [0.15, 0.2) is 0 Å². The Morgan fingerprint density at radius 1 is 1.07 bits per heavy atom. The van der Waals surface area contributed by atoms with Crippen LogP contribution in [0.25, 0.3) is 11.1 Å². The average Bonchev–Trinajstić information content (AvgIpc) is 2.67. The summed E-state index contributed by atoms with van der Waals surface area (Å²) in [6.45, 7) is 0. The Morgan fingerprint density at radius 2 is 1.86 bits per heavy atom. The fraction of sp³-hybridized carbons (Fsp3) is 0.100. The standard InChI is InChI=1S/C20H14F4N2O2/c1-28-19-17(6-3-9-25-19)26-18(27)16-11-14(21)7-8-15(16)12-4-2-5-13(10-12)20(22,23)24/h2-11H,1H3,(H,26,27). The number of carbonyl (C=O) groups excluding carboxylic acids is 1. The lowest BCUT2D eigenvalue weighted by Crippen LogP contribution is -2.14. The number of aromatic nitrogens is 1. The highest BCUT2D eigenvalue weighted by molar-refractivity contribution is 6.09. The maximum absolute atomic E-state index is 13.8. The molecule has 28 heavy (non-hydrogen) atoms. The SMILES string of the molecule is COc1ncccc1NC(=O)c1cc(F)ccc1-c1cccc(C(F)(F)F)c1. The van der Waals surface area contributed by atoms with E-state index < -0.39 is 23.5 Å². The summed E-state index contributed by atoms with van der Waals surface area (Å²) in [7, 11) is 1.37. The number of amides is 1. The molecule has 3 aromatic rings. The van der Waals surface area contributed by atoms with Gasteiger partial charge in [-0.3, -0.25) is 4.79 Å². The quantitative estimate of drug-likeness (QED) is 0.626. The largest absolute Gasteiger partial charge is 0.480 e. The molecule has 0 aliphatic carbocycles. The minimum Gasteiger partial charge on any atom is -0.480 e. The van der Waals surface area contributed by atoms with Crippen molar-refractivity contribution in [3.63, 3.8) is 0 Å². The van der Waals surface area contributed by atoms with Gasteiger partial charge in [-0.05, 0) is 47.5 Å². The fourth-order valence-corrected chi connectivity index (χ4v) is 2.66. The number of methoxy groups -OCH3 is 1. The van der Waals surface area contributed by atoms with Crippen LogP contribution in [0.5, 0.6) is 5.88 Å². The van der Waals surface area contributed by atoms with Crippen LogP contribution in [0.15, 0.2) is 60.8 Å². The zero-order chi connectivity index (χ0) is 20.3. The number of nitrogens with one attached hydrogen (secondary N) is 1. The van der Waals surface area contributed by atoms with Crippen LogP contribution in [0.3, 0.4) is 0 Å². The molecule has 0 saturated carbocycles. The Balaban J connectivity index is 2.03. The third kappa shape index (κ3) is 4.11. The molecular formula is C20H14F4N2O2. The number of halogens is 4. The van der Waals surface area contributed by atoms with Crippen LogP contribution in [0, 0.1) is 5.82 Å². The van der Waals surface area contributed by atoms with E-state index in [-0.39, 0.29) is 28.3 Å². The smallest absolute Gasteiger partial charge is 0.416 e. The maximum Gasteiger partial charge on any atom is 0.416 e. The van der Waals surface area contributed by atoms with E-state index in [4.69, 9.17) is 4.74 Å². The fourth-order valence-electron chi connectivity index (χ4n) is 2.66. The molecule has 1 amide bonds. The van der Waals surface area contributed by atoms with Crippen LogP contribution < -0.4 is 10.1 Å². The van der Waals surface area contributed by atoms with Gasteiger partial charge in [-0.1, -0.05) is 18.2 Å². The lowest BCUT2D eigenvalue weighted by Gasteiger charge is -2.14. The molecule has 4 nitrogen and oxygen atoms in total. The molecule has 1 aromatic heterocycles. The molecule has 8 heteroatoms. The van der Waals surface area contributed by atoms with Gasteiger partial charge in [-0.2, -0.15) is 13.2 Å². The number of carbonyl (C=O) groups is 1. The van der Waals surface area contributed by atoms with Crippen molar-refractivity contribution in [2.24, 2.45) is 0 Å². The molecule has 0 saturated heterocycles. The second-order valence-corrected chi connectivity index (χ2v) is 5.78. The minimum absolute atomic E-state index is 0.120. The van der Waals surface area contributed by atoms with E-state index in [0.717, 1.165) is 24.3 Å². The Kier molecular flexibility index (Phi) is 5.30. The van der Waals surface area contributed by atoms with Crippen LogP contribution in [0.4, 0.5) is 23.2 Å². The first-order chi connectivity index (χ1) is 13.3. The normalized spacial score (nSPS) is 11.2. The zero-order valence-electron chi connectivity index (χ0n) is 14.5. The van der Waals surface area contributed by atoms with Crippen molar-refractivity contribution in [1.82, 2.24) is 4.98 Å². The Bertz CT molecular complexity index is 1020. The maximum atomic E-state index is 13.8. The topological polar surface area (TPSA) is 51.2 Å². The van der Waals surface area contributed by atoms with Crippen molar-refractivity contribution >= 4 is 11.6 Å². The molecule has 144 valence electrons. The van der Waals surface area contributed by atoms with Crippen molar-refractivity contribution in [3.05, 3.63) is 77.7 Å². The molecule has 3 rings (SSSR count). The molecule has 1 heterocycles. The van der Waals surface area contributed by atoms with E-state index in [1.165, 1.54) is 37.6 Å². The number of rotatable bonds is 4. The predicted octanol–water partition coefficient (Wildman–Crippen LogP) is 5.17. The molecule has 0 fully saturated rings. The summed E-state index contributed by atoms with van der Waals surface area (Å²) in [5.74, 6) is -1.26. The van der Waals surface area contributed by atoms with Gasteiger partial charge in [0.2, 0.25) is 5.88 Å². The van der Waals surface area contributed by atoms with Gasteiger partial charge in [-0.25, -0.2) is 9.37 Å². The first-order valence-corrected chi connectivity index (χ1v) is 8.07. The van der Waals surface area contributed by atoms with E-state index in [9.17, 15) is 22.4 Å². The number of alkyl halides is 3. The van der Waals surface area contributed by atoms with Gasteiger partial charge in [0.25, 0.3) is 5.91 Å². The van der Waals surface area contributed by atoms with Gasteiger partial charge in [-0.15, -0.1) is 0 Å². The van der Waals surface area contributed by atoms with E-state index in [1.54, 1.807) is 6.07 Å². The molecule has 1 N–H and O–H groups in total. The summed E-state index contributed by atoms with van der Waals surface area (Å²) < 4.78 is 57.9. The summed E-state index contributed by atoms with van der Waals surface area (Å²) in [5.41, 5.74) is -0.444. The highest BCUT2D eigenvalue weighted by atomic mass is 19.4. The minimum atomic E-state index is -4.54. The second kappa shape index (κ2) is 7.67. The lowest BCUT2D eigenvalue weighted by atomic mass is 9.97. The van der Waals surface area contributed by atoms with Gasteiger partial charge in [0.05, 0.1) is 18.2 Å². The van der Waals surface area contributed by atoms with Gasteiger partial charge in [0, 0.05) is 6.20 Å². The Labute approximate surface area is 157 Å². The van der Waals surface area contributed by atoms with Crippen LogP contribution in [-0.2, 0) is 6.18 Å². The van der Waals surface area contributed by atoms with Gasteiger partial charge < -0.3 is 10.1 Å². The molecule has 0 unspecified atom stereocenters. The third-order valence-corrected chi connectivity index (χ3v) is 3.94. The summed E-state index contributed by atoms with van der Waals surface area (Å²) in [4.78, 5) is 16.7. The monoisotopic (exact) mass is 390 g/mol. The number of nitrogens with zero attached hydrogens (tertiary/aromatic N) is 1. The number of hydrogen-bond donors (Lipinski definition) is 1. The zero-order valence-corrected chi connectivity index (χ0v) is 14.5. The summed E-state index contributed by atoms with van der Waals surface area (Å²) >= 11 is 0. The third-order valence-electron chi connectivity index (χ3n) is 3.94. The van der Waals surface area contributed by atoms with Gasteiger partial charge >= 0.3 is 6.18 Å². The van der Waals surface area contributed by atoms with Crippen LogP contribution >= 0.6 is 0 Å². The van der Waals surface area contributed by atoms with Crippen LogP contribution in [0.2, 0.25) is 0 Å². The predicted molar refractivity (Wildman–Crippen MR) is 95.6 cm³/mol. The highest BCUT2D eigenvalue weighted by Crippen LogP contribution is 2.33.